The molecule has 1 heterocycles. The molecule has 0 radical (unpaired) electrons. The predicted octanol–water partition coefficient (Wildman–Crippen LogP) is 5.49. The number of aryl methyl sites for hydroxylation is 3. The molecule has 0 saturated heterocycles. The zero-order chi connectivity index (χ0) is 14.1. The molecular formula is C18H23ClNP. The zero-order valence-corrected chi connectivity index (χ0v) is 14.7. The molecule has 21 heavy (non-hydrogen) atoms. The van der Waals surface area contributed by atoms with Gasteiger partial charge in [0.05, 0.1) is 0 Å². The van der Waals surface area contributed by atoms with Crippen LogP contribution in [0.1, 0.15) is 24.0 Å². The lowest BCUT2D eigenvalue weighted by Crippen LogP contribution is -1.97. The normalized spacial score (nSPS) is 11.0. The van der Waals surface area contributed by atoms with E-state index in [0.29, 0.717) is 0 Å². The first-order valence-electron chi connectivity index (χ1n) is 7.40. The topological polar surface area (TPSA) is 4.93 Å². The Bertz CT molecular complexity index is 701. The summed E-state index contributed by atoms with van der Waals surface area (Å²) >= 11 is 0. The van der Waals surface area contributed by atoms with E-state index in [-0.39, 0.29) is 12.4 Å². The molecule has 2 aromatic carbocycles. The van der Waals surface area contributed by atoms with E-state index in [1.54, 1.807) is 0 Å². The molecule has 3 rings (SSSR count). The lowest BCUT2D eigenvalue weighted by atomic mass is 10.1. The Morgan fingerprint density at radius 3 is 1.86 bits per heavy atom. The molecular weight excluding hydrogens is 297 g/mol. The third-order valence-corrected chi connectivity index (χ3v) is 4.42. The first kappa shape index (κ1) is 16.3. The minimum absolute atomic E-state index is 0. The van der Waals surface area contributed by atoms with Crippen molar-refractivity contribution in [2.45, 2.75) is 33.2 Å². The number of nitrogens with zero attached hydrogens (tertiary/aromatic N) is 1. The zero-order valence-electron chi connectivity index (χ0n) is 12.7. The summed E-state index contributed by atoms with van der Waals surface area (Å²) in [5, 5.41) is 2.80. The third-order valence-electron chi connectivity index (χ3n) is 4.01. The fourth-order valence-corrected chi connectivity index (χ4v) is 3.28. The van der Waals surface area contributed by atoms with Crippen molar-refractivity contribution in [1.29, 1.82) is 0 Å². The van der Waals surface area contributed by atoms with E-state index in [1.165, 1.54) is 51.9 Å². The Hall–Kier alpha value is -1.04. The number of hydrogen-bond donors (Lipinski definition) is 0. The molecule has 1 aromatic heterocycles. The number of rotatable bonds is 4. The van der Waals surface area contributed by atoms with Crippen LogP contribution in [0, 0.1) is 13.8 Å². The smallest absolute Gasteiger partial charge is 0.0491 e. The molecule has 0 saturated carbocycles. The maximum atomic E-state index is 2.82. The Morgan fingerprint density at radius 2 is 1.38 bits per heavy atom. The highest BCUT2D eigenvalue weighted by molar-refractivity contribution is 7.16. The minimum atomic E-state index is 0. The molecule has 112 valence electrons. The van der Waals surface area contributed by atoms with Gasteiger partial charge in [-0.2, -0.15) is 0 Å². The molecule has 0 N–H and O–H groups in total. The minimum Gasteiger partial charge on any atom is -0.340 e. The van der Waals surface area contributed by atoms with E-state index < -0.39 is 0 Å². The molecule has 0 aliphatic rings. The Balaban J connectivity index is 0.00000161. The first-order chi connectivity index (χ1) is 9.70. The molecule has 1 unspecified atom stereocenters. The van der Waals surface area contributed by atoms with Crippen molar-refractivity contribution in [1.82, 2.24) is 4.57 Å². The fourth-order valence-electron chi connectivity index (χ4n) is 2.99. The Kier molecular flexibility index (Phi) is 5.30. The van der Waals surface area contributed by atoms with Gasteiger partial charge in [0.2, 0.25) is 0 Å². The highest BCUT2D eigenvalue weighted by Gasteiger charge is 2.10. The van der Waals surface area contributed by atoms with Crippen LogP contribution in [0.25, 0.3) is 21.8 Å². The average molecular weight is 320 g/mol. The summed E-state index contributed by atoms with van der Waals surface area (Å²) in [7, 11) is 2.82. The van der Waals surface area contributed by atoms with Crippen molar-refractivity contribution in [2.75, 3.05) is 6.16 Å². The molecule has 1 nitrogen and oxygen atoms in total. The summed E-state index contributed by atoms with van der Waals surface area (Å²) in [6, 6.07) is 13.6. The molecule has 0 fully saturated rings. The van der Waals surface area contributed by atoms with Crippen LogP contribution >= 0.6 is 21.6 Å². The molecule has 3 aromatic rings. The maximum absolute atomic E-state index is 2.82. The van der Waals surface area contributed by atoms with E-state index in [4.69, 9.17) is 0 Å². The van der Waals surface area contributed by atoms with E-state index in [0.717, 1.165) is 6.54 Å². The number of halogens is 1. The largest absolute Gasteiger partial charge is 0.340 e. The van der Waals surface area contributed by atoms with Gasteiger partial charge in [-0.05, 0) is 57.1 Å². The van der Waals surface area contributed by atoms with Crippen molar-refractivity contribution in [3.63, 3.8) is 0 Å². The van der Waals surface area contributed by atoms with Crippen molar-refractivity contribution in [3.8, 4) is 0 Å². The predicted molar refractivity (Wildman–Crippen MR) is 100.0 cm³/mol. The number of hydrogen-bond acceptors (Lipinski definition) is 0. The van der Waals surface area contributed by atoms with Gasteiger partial charge in [-0.25, -0.2) is 0 Å². The van der Waals surface area contributed by atoms with Crippen LogP contribution in [0.2, 0.25) is 0 Å². The van der Waals surface area contributed by atoms with Crippen LogP contribution in [0.5, 0.6) is 0 Å². The van der Waals surface area contributed by atoms with Gasteiger partial charge >= 0.3 is 0 Å². The second-order valence-corrected chi connectivity index (χ2v) is 6.27. The monoisotopic (exact) mass is 319 g/mol. The maximum Gasteiger partial charge on any atom is 0.0491 e. The first-order valence-corrected chi connectivity index (χ1v) is 8.21. The number of fused-ring (bicyclic) bond motifs is 3. The van der Waals surface area contributed by atoms with E-state index in [1.807, 2.05) is 0 Å². The van der Waals surface area contributed by atoms with Gasteiger partial charge in [-0.15, -0.1) is 21.6 Å². The van der Waals surface area contributed by atoms with Crippen molar-refractivity contribution < 1.29 is 0 Å². The van der Waals surface area contributed by atoms with E-state index in [2.05, 4.69) is 64.1 Å². The van der Waals surface area contributed by atoms with Crippen LogP contribution in [0.4, 0.5) is 0 Å². The quantitative estimate of drug-likeness (QED) is 0.443. The standard InChI is InChI=1S/C18H22NP.ClH/c1-13-5-7-17-15(11-13)16-12-14(2)6-8-18(16)19(17)9-3-4-10-20;/h5-8,11-12H,3-4,9-10,20H2,1-2H3;1H. The molecule has 0 aliphatic carbocycles. The second-order valence-electron chi connectivity index (χ2n) is 5.69. The molecule has 0 spiro atoms. The van der Waals surface area contributed by atoms with Crippen molar-refractivity contribution in [3.05, 3.63) is 47.5 Å². The van der Waals surface area contributed by atoms with Gasteiger partial charge < -0.3 is 4.57 Å². The van der Waals surface area contributed by atoms with E-state index in [9.17, 15) is 0 Å². The van der Waals surface area contributed by atoms with Crippen LogP contribution < -0.4 is 0 Å². The lowest BCUT2D eigenvalue weighted by molar-refractivity contribution is 0.668. The summed E-state index contributed by atoms with van der Waals surface area (Å²) in [6.07, 6.45) is 3.70. The third kappa shape index (κ3) is 3.10. The van der Waals surface area contributed by atoms with Gasteiger partial charge in [-0.3, -0.25) is 0 Å². The summed E-state index contributed by atoms with van der Waals surface area (Å²) in [4.78, 5) is 0. The van der Waals surface area contributed by atoms with Crippen molar-refractivity contribution in [2.24, 2.45) is 0 Å². The number of benzene rings is 2. The van der Waals surface area contributed by atoms with Gasteiger partial charge in [0, 0.05) is 28.4 Å². The van der Waals surface area contributed by atoms with E-state index >= 15 is 0 Å². The molecule has 0 bridgehead atoms. The lowest BCUT2D eigenvalue weighted by Gasteiger charge is -2.07. The summed E-state index contributed by atoms with van der Waals surface area (Å²) in [5.74, 6) is 0. The Morgan fingerprint density at radius 1 is 0.857 bits per heavy atom. The Labute approximate surface area is 135 Å². The van der Waals surface area contributed by atoms with Crippen molar-refractivity contribution >= 4 is 43.5 Å². The highest BCUT2D eigenvalue weighted by Crippen LogP contribution is 2.30. The average Bonchev–Trinajstić information content (AvgIpc) is 2.72. The molecule has 0 aliphatic heterocycles. The number of unbranched alkanes of at least 4 members (excludes halogenated alkanes) is 1. The van der Waals surface area contributed by atoms with Crippen LogP contribution in [0.3, 0.4) is 0 Å². The van der Waals surface area contributed by atoms with Gasteiger partial charge in [0.25, 0.3) is 0 Å². The highest BCUT2D eigenvalue weighted by atomic mass is 35.5. The van der Waals surface area contributed by atoms with Gasteiger partial charge in [0.1, 0.15) is 0 Å². The van der Waals surface area contributed by atoms with Gasteiger partial charge in [0.15, 0.2) is 0 Å². The SMILES string of the molecule is Cc1ccc2c(c1)c1cc(C)ccc1n2CCCCP.Cl. The summed E-state index contributed by atoms with van der Waals surface area (Å²) < 4.78 is 2.49. The summed E-state index contributed by atoms with van der Waals surface area (Å²) in [5.41, 5.74) is 5.42. The van der Waals surface area contributed by atoms with Crippen LogP contribution in [-0.4, -0.2) is 10.7 Å². The second kappa shape index (κ2) is 6.81. The molecule has 3 heteroatoms. The van der Waals surface area contributed by atoms with Gasteiger partial charge in [-0.1, -0.05) is 23.3 Å². The molecule has 1 atom stereocenters. The van der Waals surface area contributed by atoms with Crippen LogP contribution in [-0.2, 0) is 6.54 Å². The fraction of sp³-hybridized carbons (Fsp3) is 0.333. The number of aromatic nitrogens is 1. The van der Waals surface area contributed by atoms with Crippen LogP contribution in [0.15, 0.2) is 36.4 Å². The summed E-state index contributed by atoms with van der Waals surface area (Å²) in [6.45, 7) is 5.46. The molecule has 0 amide bonds.